The third-order valence-electron chi connectivity index (χ3n) is 8.03. The van der Waals surface area contributed by atoms with Gasteiger partial charge in [0.05, 0.1) is 0 Å². The second kappa shape index (κ2) is 10.2. The molecule has 35 heavy (non-hydrogen) atoms. The SMILES string of the molecule is CC1CCC(c2cccc(NC(=O)C3=CCCNC3=O)c2)(N2CCN(c3ccccc3)CC2)CC1. The maximum absolute atomic E-state index is 12.8. The summed E-state index contributed by atoms with van der Waals surface area (Å²) < 4.78 is 0. The lowest BCUT2D eigenvalue weighted by Crippen LogP contribution is -2.56. The van der Waals surface area contributed by atoms with Crippen molar-refractivity contribution in [3.63, 3.8) is 0 Å². The summed E-state index contributed by atoms with van der Waals surface area (Å²) in [5.74, 6) is 0.120. The number of amides is 2. The third kappa shape index (κ3) is 4.98. The molecule has 0 atom stereocenters. The van der Waals surface area contributed by atoms with E-state index in [0.29, 0.717) is 13.0 Å². The smallest absolute Gasteiger partial charge is 0.260 e. The van der Waals surface area contributed by atoms with Gasteiger partial charge in [-0.1, -0.05) is 43.3 Å². The number of hydrogen-bond donors (Lipinski definition) is 2. The van der Waals surface area contributed by atoms with E-state index in [-0.39, 0.29) is 22.9 Å². The summed E-state index contributed by atoms with van der Waals surface area (Å²) in [6.45, 7) is 7.02. The quantitative estimate of drug-likeness (QED) is 0.637. The number of piperazine rings is 1. The largest absolute Gasteiger partial charge is 0.369 e. The van der Waals surface area contributed by atoms with Gasteiger partial charge in [0.15, 0.2) is 0 Å². The highest BCUT2D eigenvalue weighted by Gasteiger charge is 2.42. The molecule has 3 aliphatic rings. The molecule has 2 heterocycles. The van der Waals surface area contributed by atoms with Gasteiger partial charge in [0, 0.05) is 49.6 Å². The maximum Gasteiger partial charge on any atom is 0.260 e. The summed E-state index contributed by atoms with van der Waals surface area (Å²) in [5, 5.41) is 5.74. The first-order valence-corrected chi connectivity index (χ1v) is 13.0. The van der Waals surface area contributed by atoms with Gasteiger partial charge in [0.25, 0.3) is 11.8 Å². The molecular formula is C29H36N4O2. The molecule has 2 aromatic carbocycles. The molecule has 2 amide bonds. The Morgan fingerprint density at radius 3 is 2.46 bits per heavy atom. The van der Waals surface area contributed by atoms with Gasteiger partial charge < -0.3 is 15.5 Å². The predicted octanol–water partition coefficient (Wildman–Crippen LogP) is 4.30. The van der Waals surface area contributed by atoms with Crippen LogP contribution in [-0.4, -0.2) is 49.4 Å². The summed E-state index contributed by atoms with van der Waals surface area (Å²) in [6, 6.07) is 19.0. The van der Waals surface area contributed by atoms with Crippen molar-refractivity contribution in [3.05, 3.63) is 71.8 Å². The molecular weight excluding hydrogens is 436 g/mol. The number of carbonyl (C=O) groups is 2. The Morgan fingerprint density at radius 1 is 1.00 bits per heavy atom. The summed E-state index contributed by atoms with van der Waals surface area (Å²) in [7, 11) is 0. The third-order valence-corrected chi connectivity index (χ3v) is 8.03. The van der Waals surface area contributed by atoms with Gasteiger partial charge >= 0.3 is 0 Å². The average Bonchev–Trinajstić information content (AvgIpc) is 2.90. The van der Waals surface area contributed by atoms with Crippen LogP contribution in [0, 0.1) is 5.92 Å². The number of anilines is 2. The zero-order valence-electron chi connectivity index (χ0n) is 20.6. The van der Waals surface area contributed by atoms with E-state index in [9.17, 15) is 9.59 Å². The van der Waals surface area contributed by atoms with Crippen LogP contribution in [0.1, 0.15) is 44.6 Å². The number of carbonyl (C=O) groups excluding carboxylic acids is 2. The van der Waals surface area contributed by atoms with Crippen molar-refractivity contribution in [3.8, 4) is 0 Å². The van der Waals surface area contributed by atoms with E-state index in [0.717, 1.165) is 50.6 Å². The van der Waals surface area contributed by atoms with Gasteiger partial charge in [-0.05, 0) is 67.9 Å². The van der Waals surface area contributed by atoms with Crippen LogP contribution in [0.2, 0.25) is 0 Å². The van der Waals surface area contributed by atoms with Crippen molar-refractivity contribution in [1.29, 1.82) is 0 Å². The first-order chi connectivity index (χ1) is 17.0. The molecule has 2 fully saturated rings. The summed E-state index contributed by atoms with van der Waals surface area (Å²) in [5.41, 5.74) is 3.52. The zero-order chi connectivity index (χ0) is 24.3. The van der Waals surface area contributed by atoms with Gasteiger partial charge in [-0.3, -0.25) is 14.5 Å². The van der Waals surface area contributed by atoms with E-state index in [1.165, 1.54) is 24.1 Å². The van der Waals surface area contributed by atoms with E-state index in [4.69, 9.17) is 0 Å². The topological polar surface area (TPSA) is 64.7 Å². The standard InChI is InChI=1S/C29H36N4O2/c1-22-12-14-29(15-13-22,33-19-17-32(18-20-33)25-9-3-2-4-10-25)23-7-5-8-24(21-23)31-28(35)26-11-6-16-30-27(26)34/h2-5,7-11,21-22H,6,12-20H2,1H3,(H,30,34)(H,31,35). The predicted molar refractivity (Wildman–Crippen MR) is 140 cm³/mol. The molecule has 0 aromatic heterocycles. The fraction of sp³-hybridized carbons (Fsp3) is 0.448. The molecule has 6 heteroatoms. The number of nitrogens with one attached hydrogen (secondary N) is 2. The molecule has 1 saturated heterocycles. The summed E-state index contributed by atoms with van der Waals surface area (Å²) in [4.78, 5) is 30.1. The lowest BCUT2D eigenvalue weighted by Gasteiger charge is -2.51. The second-order valence-corrected chi connectivity index (χ2v) is 10.2. The monoisotopic (exact) mass is 472 g/mol. The Balaban J connectivity index is 1.36. The Hall–Kier alpha value is -3.12. The van der Waals surface area contributed by atoms with Crippen molar-refractivity contribution in [2.75, 3.05) is 42.9 Å². The minimum atomic E-state index is -0.331. The normalized spacial score (nSPS) is 25.5. The van der Waals surface area contributed by atoms with Crippen LogP contribution in [0.25, 0.3) is 0 Å². The minimum absolute atomic E-state index is 0.0164. The summed E-state index contributed by atoms with van der Waals surface area (Å²) in [6.07, 6.45) is 7.10. The van der Waals surface area contributed by atoms with Crippen molar-refractivity contribution >= 4 is 23.2 Å². The highest BCUT2D eigenvalue weighted by atomic mass is 16.2. The van der Waals surface area contributed by atoms with E-state index >= 15 is 0 Å². The minimum Gasteiger partial charge on any atom is -0.369 e. The van der Waals surface area contributed by atoms with E-state index in [1.54, 1.807) is 6.08 Å². The highest BCUT2D eigenvalue weighted by Crippen LogP contribution is 2.45. The molecule has 0 bridgehead atoms. The number of rotatable bonds is 5. The molecule has 184 valence electrons. The summed E-state index contributed by atoms with van der Waals surface area (Å²) >= 11 is 0. The van der Waals surface area contributed by atoms with Gasteiger partial charge in [-0.2, -0.15) is 0 Å². The van der Waals surface area contributed by atoms with Gasteiger partial charge in [0.2, 0.25) is 0 Å². The molecule has 1 aliphatic carbocycles. The lowest BCUT2D eigenvalue weighted by atomic mass is 9.71. The van der Waals surface area contributed by atoms with Gasteiger partial charge in [-0.15, -0.1) is 0 Å². The number of nitrogens with zero attached hydrogens (tertiary/aromatic N) is 2. The Bertz CT molecular complexity index is 1080. The van der Waals surface area contributed by atoms with Gasteiger partial charge in [-0.25, -0.2) is 0 Å². The van der Waals surface area contributed by atoms with Crippen molar-refractivity contribution in [1.82, 2.24) is 10.2 Å². The first kappa shape index (κ1) is 23.6. The zero-order valence-corrected chi connectivity index (χ0v) is 20.6. The fourth-order valence-electron chi connectivity index (χ4n) is 5.93. The van der Waals surface area contributed by atoms with Gasteiger partial charge in [0.1, 0.15) is 5.57 Å². The van der Waals surface area contributed by atoms with Crippen molar-refractivity contribution in [2.24, 2.45) is 5.92 Å². The average molecular weight is 473 g/mol. The van der Waals surface area contributed by atoms with Crippen LogP contribution >= 0.6 is 0 Å². The van der Waals surface area contributed by atoms with Crippen LogP contribution in [0.5, 0.6) is 0 Å². The molecule has 6 nitrogen and oxygen atoms in total. The molecule has 0 spiro atoms. The van der Waals surface area contributed by atoms with Crippen LogP contribution < -0.4 is 15.5 Å². The molecule has 2 N–H and O–H groups in total. The van der Waals surface area contributed by atoms with Crippen LogP contribution in [0.15, 0.2) is 66.2 Å². The van der Waals surface area contributed by atoms with Crippen molar-refractivity contribution < 1.29 is 9.59 Å². The van der Waals surface area contributed by atoms with Crippen LogP contribution in [0.3, 0.4) is 0 Å². The molecule has 2 aromatic rings. The van der Waals surface area contributed by atoms with Crippen molar-refractivity contribution in [2.45, 2.75) is 44.6 Å². The molecule has 0 unspecified atom stereocenters. The van der Waals surface area contributed by atoms with Crippen LogP contribution in [-0.2, 0) is 15.1 Å². The van der Waals surface area contributed by atoms with E-state index in [2.05, 4.69) is 69.8 Å². The highest BCUT2D eigenvalue weighted by molar-refractivity contribution is 6.23. The molecule has 0 radical (unpaired) electrons. The Labute approximate surface area is 208 Å². The lowest BCUT2D eigenvalue weighted by molar-refractivity contribution is -0.121. The molecule has 5 rings (SSSR count). The Morgan fingerprint density at radius 2 is 1.74 bits per heavy atom. The number of hydrogen-bond acceptors (Lipinski definition) is 4. The first-order valence-electron chi connectivity index (χ1n) is 13.0. The second-order valence-electron chi connectivity index (χ2n) is 10.2. The molecule has 1 saturated carbocycles. The van der Waals surface area contributed by atoms with E-state index < -0.39 is 0 Å². The maximum atomic E-state index is 12.8. The molecule has 2 aliphatic heterocycles. The Kier molecular flexibility index (Phi) is 6.91. The fourth-order valence-corrected chi connectivity index (χ4v) is 5.93. The number of benzene rings is 2. The van der Waals surface area contributed by atoms with E-state index in [1.807, 2.05) is 12.1 Å². The van der Waals surface area contributed by atoms with Crippen LogP contribution in [0.4, 0.5) is 11.4 Å². The number of para-hydroxylation sites is 1.